The molecule has 0 saturated carbocycles. The van der Waals surface area contributed by atoms with Crippen LogP contribution in [0.3, 0.4) is 0 Å². The van der Waals surface area contributed by atoms with Crippen LogP contribution in [-0.4, -0.2) is 12.5 Å². The Balaban J connectivity index is 1.88. The molecule has 0 bridgehead atoms. The predicted octanol–water partition coefficient (Wildman–Crippen LogP) is 2.82. The number of benzene rings is 2. The van der Waals surface area contributed by atoms with Crippen LogP contribution >= 0.6 is 11.6 Å². The smallest absolute Gasteiger partial charge is 0.262 e. The molecule has 2 aromatic carbocycles. The summed E-state index contributed by atoms with van der Waals surface area (Å²) in [6.45, 7) is 0.368. The van der Waals surface area contributed by atoms with E-state index in [0.29, 0.717) is 23.0 Å². The topological polar surface area (TPSA) is 64.3 Å². The molecule has 4 nitrogen and oxygen atoms in total. The van der Waals surface area contributed by atoms with E-state index in [1.54, 1.807) is 30.3 Å². The number of ether oxygens (including phenoxy) is 1. The van der Waals surface area contributed by atoms with Crippen LogP contribution in [0.5, 0.6) is 5.75 Å². The van der Waals surface area contributed by atoms with Crippen molar-refractivity contribution in [3.05, 3.63) is 59.1 Å². The third kappa shape index (κ3) is 4.26. The lowest BCUT2D eigenvalue weighted by molar-refractivity contribution is -0.118. The average molecular weight is 291 g/mol. The summed E-state index contributed by atoms with van der Waals surface area (Å²) >= 11 is 5.84. The molecular formula is C15H15ClN2O2. The zero-order chi connectivity index (χ0) is 14.4. The molecule has 0 fully saturated rings. The van der Waals surface area contributed by atoms with Gasteiger partial charge in [0.05, 0.1) is 0 Å². The van der Waals surface area contributed by atoms with Crippen molar-refractivity contribution < 1.29 is 9.53 Å². The SMILES string of the molecule is NCc1cccc(OCC(=O)Nc2cccc(Cl)c2)c1. The fourth-order valence-corrected chi connectivity index (χ4v) is 1.86. The van der Waals surface area contributed by atoms with E-state index in [-0.39, 0.29) is 12.5 Å². The number of amides is 1. The third-order valence-electron chi connectivity index (χ3n) is 2.61. The van der Waals surface area contributed by atoms with Crippen molar-refractivity contribution in [2.45, 2.75) is 6.54 Å². The first-order valence-electron chi connectivity index (χ1n) is 6.14. The summed E-state index contributed by atoms with van der Waals surface area (Å²) in [7, 11) is 0. The Bertz CT molecular complexity index is 602. The van der Waals surface area contributed by atoms with Gasteiger partial charge in [0.15, 0.2) is 6.61 Å². The number of anilines is 1. The molecule has 0 unspecified atom stereocenters. The molecule has 0 aliphatic carbocycles. The van der Waals surface area contributed by atoms with Gasteiger partial charge < -0.3 is 15.8 Å². The molecule has 3 N–H and O–H groups in total. The van der Waals surface area contributed by atoms with Crippen molar-refractivity contribution in [2.75, 3.05) is 11.9 Å². The van der Waals surface area contributed by atoms with E-state index in [2.05, 4.69) is 5.32 Å². The van der Waals surface area contributed by atoms with E-state index < -0.39 is 0 Å². The average Bonchev–Trinajstić information content (AvgIpc) is 2.45. The number of halogens is 1. The Morgan fingerprint density at radius 3 is 2.75 bits per heavy atom. The van der Waals surface area contributed by atoms with Crippen LogP contribution in [0.4, 0.5) is 5.69 Å². The lowest BCUT2D eigenvalue weighted by atomic mass is 10.2. The highest BCUT2D eigenvalue weighted by Crippen LogP contribution is 2.15. The summed E-state index contributed by atoms with van der Waals surface area (Å²) in [6.07, 6.45) is 0. The zero-order valence-electron chi connectivity index (χ0n) is 10.8. The van der Waals surface area contributed by atoms with E-state index in [9.17, 15) is 4.79 Å². The van der Waals surface area contributed by atoms with Gasteiger partial charge in [0.2, 0.25) is 0 Å². The number of carbonyl (C=O) groups is 1. The van der Waals surface area contributed by atoms with Gasteiger partial charge in [-0.05, 0) is 35.9 Å². The maximum atomic E-state index is 11.7. The van der Waals surface area contributed by atoms with Crippen molar-refractivity contribution in [2.24, 2.45) is 5.73 Å². The van der Waals surface area contributed by atoms with Gasteiger partial charge in [-0.3, -0.25) is 4.79 Å². The second-order valence-corrected chi connectivity index (χ2v) is 4.64. The highest BCUT2D eigenvalue weighted by Gasteiger charge is 2.04. The maximum Gasteiger partial charge on any atom is 0.262 e. The highest BCUT2D eigenvalue weighted by molar-refractivity contribution is 6.30. The van der Waals surface area contributed by atoms with Crippen molar-refractivity contribution in [3.63, 3.8) is 0 Å². The predicted molar refractivity (Wildman–Crippen MR) is 79.9 cm³/mol. The van der Waals surface area contributed by atoms with Crippen molar-refractivity contribution in [3.8, 4) is 5.75 Å². The van der Waals surface area contributed by atoms with Crippen LogP contribution in [0.25, 0.3) is 0 Å². The molecule has 5 heteroatoms. The zero-order valence-corrected chi connectivity index (χ0v) is 11.6. The summed E-state index contributed by atoms with van der Waals surface area (Å²) < 4.78 is 5.41. The van der Waals surface area contributed by atoms with Gasteiger partial charge in [-0.25, -0.2) is 0 Å². The number of nitrogens with one attached hydrogen (secondary N) is 1. The monoisotopic (exact) mass is 290 g/mol. The fourth-order valence-electron chi connectivity index (χ4n) is 1.67. The quantitative estimate of drug-likeness (QED) is 0.890. The molecule has 0 radical (unpaired) electrons. The molecule has 2 aromatic rings. The minimum Gasteiger partial charge on any atom is -0.484 e. The van der Waals surface area contributed by atoms with Gasteiger partial charge in [-0.15, -0.1) is 0 Å². The summed E-state index contributed by atoms with van der Waals surface area (Å²) in [6, 6.07) is 14.3. The minimum atomic E-state index is -0.245. The highest BCUT2D eigenvalue weighted by atomic mass is 35.5. The standard InChI is InChI=1S/C15H15ClN2O2/c16-12-4-2-5-13(8-12)18-15(19)10-20-14-6-1-3-11(7-14)9-17/h1-8H,9-10,17H2,(H,18,19). The van der Waals surface area contributed by atoms with Gasteiger partial charge in [-0.1, -0.05) is 29.8 Å². The van der Waals surface area contributed by atoms with E-state index in [0.717, 1.165) is 5.56 Å². The maximum absolute atomic E-state index is 11.7. The third-order valence-corrected chi connectivity index (χ3v) is 2.85. The van der Waals surface area contributed by atoms with Crippen molar-refractivity contribution in [1.29, 1.82) is 0 Å². The molecule has 0 spiro atoms. The normalized spacial score (nSPS) is 10.1. The molecule has 1 amide bonds. The lowest BCUT2D eigenvalue weighted by Gasteiger charge is -2.08. The largest absolute Gasteiger partial charge is 0.484 e. The molecule has 0 aliphatic heterocycles. The molecule has 2 rings (SSSR count). The van der Waals surface area contributed by atoms with E-state index >= 15 is 0 Å². The number of hydrogen-bond donors (Lipinski definition) is 2. The van der Waals surface area contributed by atoms with Crippen LogP contribution in [0.1, 0.15) is 5.56 Å². The van der Waals surface area contributed by atoms with E-state index in [1.165, 1.54) is 0 Å². The number of nitrogens with two attached hydrogens (primary N) is 1. The van der Waals surface area contributed by atoms with Gasteiger partial charge >= 0.3 is 0 Å². The molecular weight excluding hydrogens is 276 g/mol. The van der Waals surface area contributed by atoms with E-state index in [1.807, 2.05) is 18.2 Å². The molecule has 0 heterocycles. The van der Waals surface area contributed by atoms with Crippen LogP contribution < -0.4 is 15.8 Å². The first-order chi connectivity index (χ1) is 9.67. The van der Waals surface area contributed by atoms with Crippen molar-refractivity contribution in [1.82, 2.24) is 0 Å². The summed E-state index contributed by atoms with van der Waals surface area (Å²) in [5.74, 6) is 0.375. The summed E-state index contributed by atoms with van der Waals surface area (Å²) in [5, 5.41) is 3.28. The number of carbonyl (C=O) groups excluding carboxylic acids is 1. The molecule has 20 heavy (non-hydrogen) atoms. The molecule has 0 aromatic heterocycles. The van der Waals surface area contributed by atoms with Gasteiger partial charge in [0.1, 0.15) is 5.75 Å². The first-order valence-corrected chi connectivity index (χ1v) is 6.52. The lowest BCUT2D eigenvalue weighted by Crippen LogP contribution is -2.20. The molecule has 0 atom stereocenters. The minimum absolute atomic E-state index is 0.0689. The van der Waals surface area contributed by atoms with E-state index in [4.69, 9.17) is 22.1 Å². The second-order valence-electron chi connectivity index (χ2n) is 4.20. The molecule has 0 aliphatic rings. The molecule has 104 valence electrons. The first kappa shape index (κ1) is 14.4. The Morgan fingerprint density at radius 1 is 1.20 bits per heavy atom. The van der Waals surface area contributed by atoms with Crippen LogP contribution in [0, 0.1) is 0 Å². The summed E-state index contributed by atoms with van der Waals surface area (Å²) in [5.41, 5.74) is 7.14. The Labute approximate surface area is 122 Å². The van der Waals surface area contributed by atoms with Crippen LogP contribution in [-0.2, 0) is 11.3 Å². The number of rotatable bonds is 5. The van der Waals surface area contributed by atoms with Gasteiger partial charge in [-0.2, -0.15) is 0 Å². The van der Waals surface area contributed by atoms with Gasteiger partial charge in [0.25, 0.3) is 5.91 Å². The summed E-state index contributed by atoms with van der Waals surface area (Å²) in [4.78, 5) is 11.7. The Kier molecular flexibility index (Phi) is 4.98. The Hall–Kier alpha value is -2.04. The van der Waals surface area contributed by atoms with Crippen LogP contribution in [0.15, 0.2) is 48.5 Å². The van der Waals surface area contributed by atoms with Crippen LogP contribution in [0.2, 0.25) is 5.02 Å². The Morgan fingerprint density at radius 2 is 2.00 bits per heavy atom. The van der Waals surface area contributed by atoms with Crippen molar-refractivity contribution >= 4 is 23.2 Å². The number of hydrogen-bond acceptors (Lipinski definition) is 3. The second kappa shape index (κ2) is 6.93. The molecule has 0 saturated heterocycles. The van der Waals surface area contributed by atoms with Gasteiger partial charge in [0, 0.05) is 17.3 Å². The fraction of sp³-hybridized carbons (Fsp3) is 0.133.